The maximum atomic E-state index is 5.04. The fraction of sp³-hybridized carbons (Fsp3) is 1.00. The number of hydrogen-bond acceptors (Lipinski definition) is 3. The summed E-state index contributed by atoms with van der Waals surface area (Å²) in [5.41, 5.74) is 0. The predicted octanol–water partition coefficient (Wildman–Crippen LogP) is 0.647. The summed E-state index contributed by atoms with van der Waals surface area (Å²) in [4.78, 5) is 0. The summed E-state index contributed by atoms with van der Waals surface area (Å²) in [5.74, 6) is 0. The van der Waals surface area contributed by atoms with E-state index in [9.17, 15) is 0 Å². The van der Waals surface area contributed by atoms with E-state index in [1.165, 1.54) is 0 Å². The van der Waals surface area contributed by atoms with Gasteiger partial charge in [-0.05, 0) is 13.0 Å². The topological polar surface area (TPSA) is 30.5 Å². The molecule has 0 aromatic heterocycles. The highest BCUT2D eigenvalue weighted by Gasteiger charge is 2.04. The normalized spacial score (nSPS) is 13.4. The van der Waals surface area contributed by atoms with Crippen LogP contribution in [0.1, 0.15) is 13.3 Å². The second-order valence-electron chi connectivity index (χ2n) is 2.49. The molecule has 0 heterocycles. The summed E-state index contributed by atoms with van der Waals surface area (Å²) in [7, 11) is 3.44. The molecule has 0 amide bonds. The van der Waals surface area contributed by atoms with Crippen LogP contribution in [0.2, 0.25) is 0 Å². The van der Waals surface area contributed by atoms with Crippen LogP contribution in [0.15, 0.2) is 0 Å². The van der Waals surface area contributed by atoms with Gasteiger partial charge in [-0.25, -0.2) is 0 Å². The van der Waals surface area contributed by atoms with Gasteiger partial charge < -0.3 is 14.8 Å². The Kier molecular flexibility index (Phi) is 7.89. The Morgan fingerprint density at radius 3 is 2.45 bits per heavy atom. The number of likely N-dealkylation sites (N-methyl/N-ethyl adjacent to an activating group) is 1. The van der Waals surface area contributed by atoms with E-state index in [2.05, 4.69) is 12.2 Å². The van der Waals surface area contributed by atoms with Gasteiger partial charge in [-0.15, -0.1) is 0 Å². The Morgan fingerprint density at radius 2 is 2.00 bits per heavy atom. The Labute approximate surface area is 69.1 Å². The van der Waals surface area contributed by atoms with E-state index in [1.807, 2.05) is 0 Å². The molecule has 0 bridgehead atoms. The van der Waals surface area contributed by atoms with Crippen LogP contribution < -0.4 is 5.32 Å². The first-order valence-electron chi connectivity index (χ1n) is 4.06. The molecule has 0 aliphatic carbocycles. The SMILES string of the molecule is CCNC(CCOC)COC. The molecule has 1 N–H and O–H groups in total. The molecule has 3 nitrogen and oxygen atoms in total. The zero-order valence-electron chi connectivity index (χ0n) is 7.72. The van der Waals surface area contributed by atoms with Gasteiger partial charge in [0.25, 0.3) is 0 Å². The van der Waals surface area contributed by atoms with Gasteiger partial charge in [-0.2, -0.15) is 0 Å². The molecule has 0 saturated carbocycles. The van der Waals surface area contributed by atoms with Crippen LogP contribution in [-0.2, 0) is 9.47 Å². The molecule has 0 spiro atoms. The minimum atomic E-state index is 0.435. The summed E-state index contributed by atoms with van der Waals surface area (Å²) in [6, 6.07) is 0.435. The maximum Gasteiger partial charge on any atom is 0.0616 e. The molecule has 0 radical (unpaired) electrons. The van der Waals surface area contributed by atoms with E-state index in [0.29, 0.717) is 6.04 Å². The standard InChI is InChI=1S/C8H19NO2/c1-4-9-8(7-11-3)5-6-10-2/h8-9H,4-7H2,1-3H3. The predicted molar refractivity (Wildman–Crippen MR) is 45.8 cm³/mol. The van der Waals surface area contributed by atoms with Crippen LogP contribution in [0.5, 0.6) is 0 Å². The van der Waals surface area contributed by atoms with Crippen LogP contribution in [-0.4, -0.2) is 40.0 Å². The van der Waals surface area contributed by atoms with Crippen LogP contribution in [0, 0.1) is 0 Å². The lowest BCUT2D eigenvalue weighted by molar-refractivity contribution is 0.133. The van der Waals surface area contributed by atoms with E-state index in [-0.39, 0.29) is 0 Å². The van der Waals surface area contributed by atoms with Crippen molar-refractivity contribution in [2.45, 2.75) is 19.4 Å². The Hall–Kier alpha value is -0.120. The molecule has 11 heavy (non-hydrogen) atoms. The monoisotopic (exact) mass is 161 g/mol. The molecule has 0 saturated heterocycles. The van der Waals surface area contributed by atoms with Crippen molar-refractivity contribution in [2.75, 3.05) is 34.0 Å². The molecule has 0 aliphatic rings. The zero-order valence-corrected chi connectivity index (χ0v) is 7.72. The fourth-order valence-corrected chi connectivity index (χ4v) is 0.994. The molecule has 3 heteroatoms. The quantitative estimate of drug-likeness (QED) is 0.594. The molecular formula is C8H19NO2. The zero-order chi connectivity index (χ0) is 8.53. The van der Waals surface area contributed by atoms with Crippen molar-refractivity contribution in [3.05, 3.63) is 0 Å². The molecule has 0 fully saturated rings. The molecular weight excluding hydrogens is 142 g/mol. The summed E-state index contributed by atoms with van der Waals surface area (Å²) in [5, 5.41) is 3.31. The number of hydrogen-bond donors (Lipinski definition) is 1. The highest BCUT2D eigenvalue weighted by Crippen LogP contribution is 1.92. The van der Waals surface area contributed by atoms with Gasteiger partial charge >= 0.3 is 0 Å². The molecule has 0 rings (SSSR count). The van der Waals surface area contributed by atoms with Crippen molar-refractivity contribution in [2.24, 2.45) is 0 Å². The Bertz CT molecular complexity index is 72.5. The van der Waals surface area contributed by atoms with Crippen molar-refractivity contribution in [3.8, 4) is 0 Å². The van der Waals surface area contributed by atoms with E-state index in [4.69, 9.17) is 9.47 Å². The molecule has 1 unspecified atom stereocenters. The van der Waals surface area contributed by atoms with Gasteiger partial charge in [0, 0.05) is 26.9 Å². The van der Waals surface area contributed by atoms with Crippen LogP contribution in [0.25, 0.3) is 0 Å². The van der Waals surface area contributed by atoms with Crippen LogP contribution in [0.3, 0.4) is 0 Å². The summed E-state index contributed by atoms with van der Waals surface area (Å²) >= 11 is 0. The third kappa shape index (κ3) is 6.28. The minimum absolute atomic E-state index is 0.435. The Morgan fingerprint density at radius 1 is 1.27 bits per heavy atom. The van der Waals surface area contributed by atoms with Gasteiger partial charge in [0.2, 0.25) is 0 Å². The third-order valence-corrected chi connectivity index (χ3v) is 1.53. The lowest BCUT2D eigenvalue weighted by Crippen LogP contribution is -2.33. The molecule has 0 aromatic rings. The van der Waals surface area contributed by atoms with Crippen molar-refractivity contribution >= 4 is 0 Å². The minimum Gasteiger partial charge on any atom is -0.385 e. The molecule has 0 aromatic carbocycles. The maximum absolute atomic E-state index is 5.04. The lowest BCUT2D eigenvalue weighted by Gasteiger charge is -2.15. The van der Waals surface area contributed by atoms with Gasteiger partial charge in [0.05, 0.1) is 6.61 Å². The molecule has 68 valence electrons. The van der Waals surface area contributed by atoms with Crippen molar-refractivity contribution in [3.63, 3.8) is 0 Å². The summed E-state index contributed by atoms with van der Waals surface area (Å²) < 4.78 is 10.0. The number of methoxy groups -OCH3 is 2. The second kappa shape index (κ2) is 7.98. The average Bonchev–Trinajstić information content (AvgIpc) is 2.01. The first kappa shape index (κ1) is 10.9. The summed E-state index contributed by atoms with van der Waals surface area (Å²) in [6.45, 7) is 4.63. The van der Waals surface area contributed by atoms with Crippen LogP contribution in [0.4, 0.5) is 0 Å². The summed E-state index contributed by atoms with van der Waals surface area (Å²) in [6.07, 6.45) is 1.01. The van der Waals surface area contributed by atoms with E-state index in [0.717, 1.165) is 26.2 Å². The number of ether oxygens (including phenoxy) is 2. The first-order chi connectivity index (χ1) is 5.35. The van der Waals surface area contributed by atoms with Gasteiger partial charge in [-0.1, -0.05) is 6.92 Å². The largest absolute Gasteiger partial charge is 0.385 e. The Balaban J connectivity index is 3.34. The van der Waals surface area contributed by atoms with E-state index in [1.54, 1.807) is 14.2 Å². The van der Waals surface area contributed by atoms with Gasteiger partial charge in [-0.3, -0.25) is 0 Å². The molecule has 1 atom stereocenters. The highest BCUT2D eigenvalue weighted by atomic mass is 16.5. The van der Waals surface area contributed by atoms with Crippen molar-refractivity contribution < 1.29 is 9.47 Å². The third-order valence-electron chi connectivity index (χ3n) is 1.53. The van der Waals surface area contributed by atoms with Crippen molar-refractivity contribution in [1.29, 1.82) is 0 Å². The smallest absolute Gasteiger partial charge is 0.0616 e. The number of rotatable bonds is 7. The fourth-order valence-electron chi connectivity index (χ4n) is 0.994. The van der Waals surface area contributed by atoms with Gasteiger partial charge in [0.1, 0.15) is 0 Å². The lowest BCUT2D eigenvalue weighted by atomic mass is 10.2. The van der Waals surface area contributed by atoms with E-state index >= 15 is 0 Å². The van der Waals surface area contributed by atoms with Gasteiger partial charge in [0.15, 0.2) is 0 Å². The highest BCUT2D eigenvalue weighted by molar-refractivity contribution is 4.63. The first-order valence-corrected chi connectivity index (χ1v) is 4.06. The second-order valence-corrected chi connectivity index (χ2v) is 2.49. The molecule has 0 aliphatic heterocycles. The van der Waals surface area contributed by atoms with Crippen molar-refractivity contribution in [1.82, 2.24) is 5.32 Å². The number of nitrogens with one attached hydrogen (secondary N) is 1. The van der Waals surface area contributed by atoms with Crippen LogP contribution >= 0.6 is 0 Å². The average molecular weight is 161 g/mol. The van der Waals surface area contributed by atoms with E-state index < -0.39 is 0 Å².